The number of hydrogen-bond donors (Lipinski definition) is 1. The topological polar surface area (TPSA) is 24.5 Å². The molecule has 1 aromatic rings. The fourth-order valence-corrected chi connectivity index (χ4v) is 2.92. The highest BCUT2D eigenvalue weighted by Crippen LogP contribution is 2.24. The van der Waals surface area contributed by atoms with Crippen molar-refractivity contribution in [3.63, 3.8) is 0 Å². The highest BCUT2D eigenvalue weighted by molar-refractivity contribution is 5.39. The van der Waals surface area contributed by atoms with E-state index in [2.05, 4.69) is 50.0 Å². The van der Waals surface area contributed by atoms with E-state index in [1.165, 1.54) is 22.3 Å². The van der Waals surface area contributed by atoms with Crippen LogP contribution in [0.25, 0.3) is 0 Å². The Labute approximate surface area is 124 Å². The van der Waals surface area contributed by atoms with Crippen LogP contribution in [0.15, 0.2) is 12.1 Å². The van der Waals surface area contributed by atoms with Crippen LogP contribution in [-0.4, -0.2) is 45.3 Å². The molecule has 20 heavy (non-hydrogen) atoms. The fraction of sp³-hybridized carbons (Fsp3) is 0.647. The molecule has 1 unspecified atom stereocenters. The van der Waals surface area contributed by atoms with Crippen molar-refractivity contribution < 1.29 is 4.74 Å². The molecule has 0 aliphatic carbocycles. The van der Waals surface area contributed by atoms with Crippen LogP contribution >= 0.6 is 0 Å². The molecule has 1 atom stereocenters. The van der Waals surface area contributed by atoms with E-state index < -0.39 is 0 Å². The van der Waals surface area contributed by atoms with E-state index in [4.69, 9.17) is 4.74 Å². The van der Waals surface area contributed by atoms with Crippen LogP contribution in [0.3, 0.4) is 0 Å². The van der Waals surface area contributed by atoms with E-state index in [0.717, 1.165) is 26.2 Å². The number of nitrogens with zero attached hydrogens (tertiary/aromatic N) is 1. The maximum absolute atomic E-state index is 5.20. The van der Waals surface area contributed by atoms with Crippen LogP contribution in [0.4, 0.5) is 0 Å². The van der Waals surface area contributed by atoms with Gasteiger partial charge in [-0.2, -0.15) is 0 Å². The maximum Gasteiger partial charge on any atom is 0.0589 e. The Kier molecular flexibility index (Phi) is 7.20. The van der Waals surface area contributed by atoms with Crippen molar-refractivity contribution in [2.75, 3.05) is 40.4 Å². The summed E-state index contributed by atoms with van der Waals surface area (Å²) in [6, 6.07) is 4.92. The average Bonchev–Trinajstić information content (AvgIpc) is 2.40. The zero-order valence-electron chi connectivity index (χ0n) is 13.9. The van der Waals surface area contributed by atoms with Gasteiger partial charge in [0.2, 0.25) is 0 Å². The van der Waals surface area contributed by atoms with Gasteiger partial charge >= 0.3 is 0 Å². The Morgan fingerprint density at radius 1 is 1.20 bits per heavy atom. The largest absolute Gasteiger partial charge is 0.383 e. The van der Waals surface area contributed by atoms with Crippen LogP contribution in [-0.2, 0) is 4.74 Å². The summed E-state index contributed by atoms with van der Waals surface area (Å²) in [4.78, 5) is 2.43. The summed E-state index contributed by atoms with van der Waals surface area (Å²) in [5.41, 5.74) is 5.54. The van der Waals surface area contributed by atoms with Crippen molar-refractivity contribution in [2.24, 2.45) is 0 Å². The molecule has 0 saturated carbocycles. The lowest BCUT2D eigenvalue weighted by Gasteiger charge is -2.28. The van der Waals surface area contributed by atoms with E-state index in [-0.39, 0.29) is 0 Å². The van der Waals surface area contributed by atoms with Crippen LogP contribution in [0, 0.1) is 20.8 Å². The molecule has 0 bridgehead atoms. The number of aryl methyl sites for hydroxylation is 3. The van der Waals surface area contributed by atoms with E-state index >= 15 is 0 Å². The van der Waals surface area contributed by atoms with Gasteiger partial charge in [0.05, 0.1) is 6.61 Å². The molecular formula is C17H30N2O. The van der Waals surface area contributed by atoms with Gasteiger partial charge in [-0.3, -0.25) is 4.90 Å². The number of rotatable bonds is 8. The highest BCUT2D eigenvalue weighted by Gasteiger charge is 2.17. The normalized spacial score (nSPS) is 12.9. The van der Waals surface area contributed by atoms with Gasteiger partial charge in [0.1, 0.15) is 0 Å². The molecule has 0 spiro atoms. The van der Waals surface area contributed by atoms with Crippen molar-refractivity contribution in [1.29, 1.82) is 0 Å². The number of likely N-dealkylation sites (N-methyl/N-ethyl adjacent to an activating group) is 2. The Hall–Kier alpha value is -0.900. The molecule has 0 aliphatic heterocycles. The zero-order valence-corrected chi connectivity index (χ0v) is 13.9. The molecule has 0 radical (unpaired) electrons. The first-order valence-corrected chi connectivity index (χ1v) is 7.49. The summed E-state index contributed by atoms with van der Waals surface area (Å²) >= 11 is 0. The monoisotopic (exact) mass is 278 g/mol. The molecule has 1 aromatic carbocycles. The Morgan fingerprint density at radius 2 is 1.80 bits per heavy atom. The summed E-state index contributed by atoms with van der Waals surface area (Å²) in [5.74, 6) is 0. The molecule has 0 aliphatic rings. The summed E-state index contributed by atoms with van der Waals surface area (Å²) in [5, 5.41) is 3.48. The molecule has 0 saturated heterocycles. The lowest BCUT2D eigenvalue weighted by molar-refractivity contribution is 0.144. The zero-order chi connectivity index (χ0) is 15.1. The van der Waals surface area contributed by atoms with Gasteiger partial charge < -0.3 is 10.1 Å². The van der Waals surface area contributed by atoms with Crippen LogP contribution in [0.2, 0.25) is 0 Å². The van der Waals surface area contributed by atoms with Crippen LogP contribution in [0.1, 0.15) is 35.2 Å². The van der Waals surface area contributed by atoms with E-state index in [1.54, 1.807) is 7.11 Å². The molecule has 3 heteroatoms. The van der Waals surface area contributed by atoms with Gasteiger partial charge in [-0.15, -0.1) is 0 Å². The molecule has 1 N–H and O–H groups in total. The Balaban J connectivity index is 2.90. The smallest absolute Gasteiger partial charge is 0.0589 e. The van der Waals surface area contributed by atoms with E-state index in [9.17, 15) is 0 Å². The fourth-order valence-electron chi connectivity index (χ4n) is 2.92. The third-order valence-corrected chi connectivity index (χ3v) is 3.93. The van der Waals surface area contributed by atoms with Gasteiger partial charge in [-0.05, 0) is 51.1 Å². The number of hydrogen-bond acceptors (Lipinski definition) is 3. The molecule has 0 heterocycles. The predicted octanol–water partition coefficient (Wildman–Crippen LogP) is 2.84. The minimum atomic E-state index is 0.368. The minimum absolute atomic E-state index is 0.368. The quantitative estimate of drug-likeness (QED) is 0.791. The molecule has 114 valence electrons. The van der Waals surface area contributed by atoms with Crippen molar-refractivity contribution in [3.05, 3.63) is 34.4 Å². The summed E-state index contributed by atoms with van der Waals surface area (Å²) in [6.45, 7) is 12.6. The molecule has 0 amide bonds. The van der Waals surface area contributed by atoms with Crippen LogP contribution in [0.5, 0.6) is 0 Å². The predicted molar refractivity (Wildman–Crippen MR) is 86.4 cm³/mol. The summed E-state index contributed by atoms with van der Waals surface area (Å²) in [6.07, 6.45) is 0. The number of methoxy groups -OCH3 is 1. The van der Waals surface area contributed by atoms with Gasteiger partial charge in [0, 0.05) is 26.2 Å². The summed E-state index contributed by atoms with van der Waals surface area (Å²) < 4.78 is 5.20. The van der Waals surface area contributed by atoms with Crippen molar-refractivity contribution in [1.82, 2.24) is 10.2 Å². The average molecular weight is 278 g/mol. The standard InChI is InChI=1S/C17H30N2O/c1-7-19(8-9-20-6)12-16(18-5)17-14(3)10-13(2)11-15(17)4/h10-11,16,18H,7-9,12H2,1-6H3. The second-order valence-electron chi connectivity index (χ2n) is 5.54. The lowest BCUT2D eigenvalue weighted by atomic mass is 9.93. The first-order valence-electron chi connectivity index (χ1n) is 7.49. The molecule has 0 fully saturated rings. The maximum atomic E-state index is 5.20. The van der Waals surface area contributed by atoms with Crippen LogP contribution < -0.4 is 5.32 Å². The van der Waals surface area contributed by atoms with Crippen molar-refractivity contribution in [2.45, 2.75) is 33.7 Å². The highest BCUT2D eigenvalue weighted by atomic mass is 16.5. The molecule has 3 nitrogen and oxygen atoms in total. The molecular weight excluding hydrogens is 248 g/mol. The molecule has 1 rings (SSSR count). The SMILES string of the molecule is CCN(CCOC)CC(NC)c1c(C)cc(C)cc1C. The number of nitrogens with one attached hydrogen (secondary N) is 1. The second-order valence-corrected chi connectivity index (χ2v) is 5.54. The van der Waals surface area contributed by atoms with Crippen molar-refractivity contribution >= 4 is 0 Å². The lowest BCUT2D eigenvalue weighted by Crippen LogP contribution is -2.36. The summed E-state index contributed by atoms with van der Waals surface area (Å²) in [7, 11) is 3.81. The Bertz CT molecular complexity index is 394. The first-order chi connectivity index (χ1) is 9.53. The number of benzene rings is 1. The molecule has 0 aromatic heterocycles. The van der Waals surface area contributed by atoms with E-state index in [0.29, 0.717) is 6.04 Å². The first kappa shape index (κ1) is 17.2. The van der Waals surface area contributed by atoms with Gasteiger partial charge in [-0.25, -0.2) is 0 Å². The van der Waals surface area contributed by atoms with Gasteiger partial charge in [0.25, 0.3) is 0 Å². The van der Waals surface area contributed by atoms with E-state index in [1.807, 2.05) is 7.05 Å². The second kappa shape index (κ2) is 8.40. The third kappa shape index (κ3) is 4.58. The van der Waals surface area contributed by atoms with Gasteiger partial charge in [-0.1, -0.05) is 24.6 Å². The minimum Gasteiger partial charge on any atom is -0.383 e. The third-order valence-electron chi connectivity index (χ3n) is 3.93. The Morgan fingerprint density at radius 3 is 2.25 bits per heavy atom. The van der Waals surface area contributed by atoms with Gasteiger partial charge in [0.15, 0.2) is 0 Å². The van der Waals surface area contributed by atoms with Crippen molar-refractivity contribution in [3.8, 4) is 0 Å². The number of ether oxygens (including phenoxy) is 1.